The van der Waals surface area contributed by atoms with Crippen molar-refractivity contribution in [2.24, 2.45) is 5.92 Å². The van der Waals surface area contributed by atoms with Gasteiger partial charge < -0.3 is 10.2 Å². The van der Waals surface area contributed by atoms with Gasteiger partial charge in [-0.3, -0.25) is 9.59 Å². The standard InChI is InChI=1S/C19H19ClN2O2/c1-13-2-4-14(5-3-13)12-21-18(23)17-10-11-22(19(17)24)16-8-6-15(20)7-9-16/h2-9,17H,10-12H2,1H3,(H,21,23). The summed E-state index contributed by atoms with van der Waals surface area (Å²) in [6.45, 7) is 3.00. The molecule has 2 amide bonds. The summed E-state index contributed by atoms with van der Waals surface area (Å²) in [7, 11) is 0. The predicted octanol–water partition coefficient (Wildman–Crippen LogP) is 3.32. The van der Waals surface area contributed by atoms with Gasteiger partial charge in [0.2, 0.25) is 11.8 Å². The van der Waals surface area contributed by atoms with E-state index in [-0.39, 0.29) is 11.8 Å². The van der Waals surface area contributed by atoms with E-state index in [0.29, 0.717) is 24.5 Å². The Bertz CT molecular complexity index is 741. The van der Waals surface area contributed by atoms with Crippen LogP contribution < -0.4 is 10.2 Å². The molecule has 124 valence electrons. The van der Waals surface area contributed by atoms with Gasteiger partial charge in [0, 0.05) is 23.8 Å². The Kier molecular flexibility index (Phi) is 4.86. The highest BCUT2D eigenvalue weighted by atomic mass is 35.5. The molecule has 0 aliphatic carbocycles. The number of anilines is 1. The number of benzene rings is 2. The summed E-state index contributed by atoms with van der Waals surface area (Å²) < 4.78 is 0. The minimum atomic E-state index is -0.619. The second-order valence-electron chi connectivity index (χ2n) is 6.01. The highest BCUT2D eigenvalue weighted by molar-refractivity contribution is 6.30. The molecule has 1 aliphatic heterocycles. The fourth-order valence-corrected chi connectivity index (χ4v) is 2.94. The number of hydrogen-bond acceptors (Lipinski definition) is 2. The van der Waals surface area contributed by atoms with E-state index in [1.807, 2.05) is 31.2 Å². The SMILES string of the molecule is Cc1ccc(CNC(=O)C2CCN(c3ccc(Cl)cc3)C2=O)cc1. The van der Waals surface area contributed by atoms with E-state index in [1.165, 1.54) is 5.56 Å². The molecular formula is C19H19ClN2O2. The summed E-state index contributed by atoms with van der Waals surface area (Å²) in [5.74, 6) is -0.984. The second-order valence-corrected chi connectivity index (χ2v) is 6.45. The lowest BCUT2D eigenvalue weighted by atomic mass is 10.1. The minimum absolute atomic E-state index is 0.154. The molecule has 2 aromatic carbocycles. The van der Waals surface area contributed by atoms with Crippen LogP contribution in [0.3, 0.4) is 0 Å². The Labute approximate surface area is 146 Å². The van der Waals surface area contributed by atoms with Gasteiger partial charge in [-0.15, -0.1) is 0 Å². The first-order valence-electron chi connectivity index (χ1n) is 7.95. The molecule has 1 fully saturated rings. The highest BCUT2D eigenvalue weighted by Crippen LogP contribution is 2.26. The van der Waals surface area contributed by atoms with Crippen molar-refractivity contribution in [1.29, 1.82) is 0 Å². The molecule has 3 rings (SSSR count). The average molecular weight is 343 g/mol. The van der Waals surface area contributed by atoms with Crippen LogP contribution in [-0.2, 0) is 16.1 Å². The van der Waals surface area contributed by atoms with Gasteiger partial charge in [0.25, 0.3) is 0 Å². The summed E-state index contributed by atoms with van der Waals surface area (Å²) in [6, 6.07) is 15.1. The van der Waals surface area contributed by atoms with Crippen molar-refractivity contribution in [1.82, 2.24) is 5.32 Å². The zero-order chi connectivity index (χ0) is 17.1. The molecule has 4 nitrogen and oxygen atoms in total. The Balaban J connectivity index is 1.61. The zero-order valence-corrected chi connectivity index (χ0v) is 14.2. The van der Waals surface area contributed by atoms with E-state index in [1.54, 1.807) is 29.2 Å². The lowest BCUT2D eigenvalue weighted by Crippen LogP contribution is -2.36. The van der Waals surface area contributed by atoms with Crippen molar-refractivity contribution >= 4 is 29.1 Å². The number of aryl methyl sites for hydroxylation is 1. The van der Waals surface area contributed by atoms with E-state index in [9.17, 15) is 9.59 Å². The van der Waals surface area contributed by atoms with Crippen molar-refractivity contribution in [3.8, 4) is 0 Å². The number of carbonyl (C=O) groups is 2. The molecule has 2 aromatic rings. The largest absolute Gasteiger partial charge is 0.351 e. The van der Waals surface area contributed by atoms with Gasteiger partial charge in [0.1, 0.15) is 5.92 Å². The van der Waals surface area contributed by atoms with Crippen LogP contribution in [0.5, 0.6) is 0 Å². The Morgan fingerprint density at radius 1 is 1.17 bits per heavy atom. The number of carbonyl (C=O) groups excluding carboxylic acids is 2. The van der Waals surface area contributed by atoms with E-state index in [2.05, 4.69) is 5.32 Å². The molecule has 1 atom stereocenters. The first-order valence-corrected chi connectivity index (χ1v) is 8.32. The molecule has 1 unspecified atom stereocenters. The topological polar surface area (TPSA) is 49.4 Å². The maximum Gasteiger partial charge on any atom is 0.239 e. The lowest BCUT2D eigenvalue weighted by Gasteiger charge is -2.17. The maximum atomic E-state index is 12.5. The van der Waals surface area contributed by atoms with E-state index >= 15 is 0 Å². The van der Waals surface area contributed by atoms with E-state index in [4.69, 9.17) is 11.6 Å². The van der Waals surface area contributed by atoms with Crippen LogP contribution in [0.15, 0.2) is 48.5 Å². The van der Waals surface area contributed by atoms with Gasteiger partial charge in [0.05, 0.1) is 0 Å². The molecule has 0 saturated carbocycles. The van der Waals surface area contributed by atoms with Gasteiger partial charge in [-0.2, -0.15) is 0 Å². The quantitative estimate of drug-likeness (QED) is 0.866. The van der Waals surface area contributed by atoms with Crippen LogP contribution in [0.1, 0.15) is 17.5 Å². The van der Waals surface area contributed by atoms with Gasteiger partial charge in [-0.1, -0.05) is 41.4 Å². The molecule has 0 spiro atoms. The first kappa shape index (κ1) is 16.5. The summed E-state index contributed by atoms with van der Waals surface area (Å²) in [5.41, 5.74) is 2.97. The predicted molar refractivity (Wildman–Crippen MR) is 94.9 cm³/mol. The normalized spacial score (nSPS) is 17.2. The zero-order valence-electron chi connectivity index (χ0n) is 13.5. The highest BCUT2D eigenvalue weighted by Gasteiger charge is 2.37. The van der Waals surface area contributed by atoms with Crippen LogP contribution >= 0.6 is 11.6 Å². The summed E-state index contributed by atoms with van der Waals surface area (Å²) >= 11 is 5.88. The minimum Gasteiger partial charge on any atom is -0.351 e. The first-order chi connectivity index (χ1) is 11.5. The average Bonchev–Trinajstić information content (AvgIpc) is 2.96. The number of nitrogens with zero attached hydrogens (tertiary/aromatic N) is 1. The number of halogens is 1. The molecule has 24 heavy (non-hydrogen) atoms. The van der Waals surface area contributed by atoms with Crippen molar-refractivity contribution in [3.63, 3.8) is 0 Å². The Morgan fingerprint density at radius 3 is 2.50 bits per heavy atom. The monoisotopic (exact) mass is 342 g/mol. The summed E-state index contributed by atoms with van der Waals surface area (Å²) in [6.07, 6.45) is 0.529. The fraction of sp³-hybridized carbons (Fsp3) is 0.263. The third-order valence-electron chi connectivity index (χ3n) is 4.25. The van der Waals surface area contributed by atoms with E-state index < -0.39 is 5.92 Å². The van der Waals surface area contributed by atoms with Crippen LogP contribution in [-0.4, -0.2) is 18.4 Å². The van der Waals surface area contributed by atoms with Crippen LogP contribution in [0.25, 0.3) is 0 Å². The van der Waals surface area contributed by atoms with E-state index in [0.717, 1.165) is 11.3 Å². The Morgan fingerprint density at radius 2 is 1.83 bits per heavy atom. The Hall–Kier alpha value is -2.33. The maximum absolute atomic E-state index is 12.5. The number of nitrogens with one attached hydrogen (secondary N) is 1. The van der Waals surface area contributed by atoms with Crippen molar-refractivity contribution in [2.45, 2.75) is 19.9 Å². The molecule has 0 aromatic heterocycles. The number of rotatable bonds is 4. The third-order valence-corrected chi connectivity index (χ3v) is 4.50. The molecule has 1 N–H and O–H groups in total. The fourth-order valence-electron chi connectivity index (χ4n) is 2.82. The molecule has 0 bridgehead atoms. The second kappa shape index (κ2) is 7.05. The van der Waals surface area contributed by atoms with Gasteiger partial charge in [-0.25, -0.2) is 0 Å². The van der Waals surface area contributed by atoms with Gasteiger partial charge in [-0.05, 0) is 43.2 Å². The number of amides is 2. The molecular weight excluding hydrogens is 324 g/mol. The van der Waals surface area contributed by atoms with Crippen molar-refractivity contribution in [3.05, 3.63) is 64.7 Å². The third kappa shape index (κ3) is 3.60. The molecule has 5 heteroatoms. The van der Waals surface area contributed by atoms with Crippen LogP contribution in [0.2, 0.25) is 5.02 Å². The van der Waals surface area contributed by atoms with Gasteiger partial charge >= 0.3 is 0 Å². The van der Waals surface area contributed by atoms with Crippen LogP contribution in [0, 0.1) is 12.8 Å². The molecule has 1 saturated heterocycles. The van der Waals surface area contributed by atoms with Crippen molar-refractivity contribution in [2.75, 3.05) is 11.4 Å². The summed E-state index contributed by atoms with van der Waals surface area (Å²) in [5, 5.41) is 3.49. The molecule has 1 aliphatic rings. The summed E-state index contributed by atoms with van der Waals surface area (Å²) in [4.78, 5) is 26.5. The molecule has 0 radical (unpaired) electrons. The van der Waals surface area contributed by atoms with Crippen LogP contribution in [0.4, 0.5) is 5.69 Å². The van der Waals surface area contributed by atoms with Crippen molar-refractivity contribution < 1.29 is 9.59 Å². The molecule has 1 heterocycles. The van der Waals surface area contributed by atoms with Gasteiger partial charge in [0.15, 0.2) is 0 Å². The smallest absolute Gasteiger partial charge is 0.239 e. The number of hydrogen-bond donors (Lipinski definition) is 1. The lowest BCUT2D eigenvalue weighted by molar-refractivity contribution is -0.132.